The van der Waals surface area contributed by atoms with Gasteiger partial charge in [0.2, 0.25) is 0 Å². The van der Waals surface area contributed by atoms with E-state index in [1.54, 1.807) is 10.9 Å². The van der Waals surface area contributed by atoms with Crippen LogP contribution in [0.1, 0.15) is 12.8 Å². The number of rotatable bonds is 2. The smallest absolute Gasteiger partial charge is 0.129 e. The molecule has 2 aromatic rings. The van der Waals surface area contributed by atoms with Crippen molar-refractivity contribution in [1.29, 1.82) is 0 Å². The zero-order chi connectivity index (χ0) is 13.4. The number of nitrogen functional groups attached to an aromatic ring is 1. The maximum Gasteiger partial charge on any atom is 0.129 e. The monoisotopic (exact) mass is 276 g/mol. The molecule has 5 heteroatoms. The number of aryl methyl sites for hydroxylation is 1. The third-order valence-electron chi connectivity index (χ3n) is 3.69. The predicted octanol–water partition coefficient (Wildman–Crippen LogP) is 2.92. The molecule has 1 aromatic heterocycles. The average Bonchev–Trinajstić information content (AvgIpc) is 3.02. The second kappa shape index (κ2) is 4.78. The van der Waals surface area contributed by atoms with Crippen LogP contribution in [0, 0.1) is 0 Å². The fourth-order valence-electron chi connectivity index (χ4n) is 2.64. The molecule has 3 rings (SSSR count). The van der Waals surface area contributed by atoms with Gasteiger partial charge in [-0.05, 0) is 25.0 Å². The molecule has 19 heavy (non-hydrogen) atoms. The van der Waals surface area contributed by atoms with Crippen LogP contribution in [0.3, 0.4) is 0 Å². The fraction of sp³-hybridized carbons (Fsp3) is 0.357. The van der Waals surface area contributed by atoms with E-state index in [4.69, 9.17) is 17.3 Å². The van der Waals surface area contributed by atoms with E-state index >= 15 is 0 Å². The number of anilines is 2. The van der Waals surface area contributed by atoms with Gasteiger partial charge in [0, 0.05) is 37.0 Å². The molecule has 0 atom stereocenters. The second-order valence-electron chi connectivity index (χ2n) is 4.90. The van der Waals surface area contributed by atoms with Gasteiger partial charge in [-0.2, -0.15) is 5.10 Å². The standard InChI is InChI=1S/C14H17ClN4/c1-18-14(16)10(9-17-18)13-11(15)5-4-6-12(13)19-7-2-3-8-19/h4-6,9H,2-3,7-8,16H2,1H3. The Hall–Kier alpha value is -1.68. The van der Waals surface area contributed by atoms with E-state index in [2.05, 4.69) is 16.1 Å². The predicted molar refractivity (Wildman–Crippen MR) is 79.5 cm³/mol. The Morgan fingerprint density at radius 3 is 2.63 bits per heavy atom. The summed E-state index contributed by atoms with van der Waals surface area (Å²) < 4.78 is 1.67. The van der Waals surface area contributed by atoms with Crippen LogP contribution < -0.4 is 10.6 Å². The van der Waals surface area contributed by atoms with Crippen molar-refractivity contribution >= 4 is 23.1 Å². The molecule has 2 N–H and O–H groups in total. The quantitative estimate of drug-likeness (QED) is 0.917. The number of nitrogens with zero attached hydrogens (tertiary/aromatic N) is 3. The highest BCUT2D eigenvalue weighted by atomic mass is 35.5. The molecule has 1 aliphatic heterocycles. The molecule has 4 nitrogen and oxygen atoms in total. The molecule has 0 unspecified atom stereocenters. The van der Waals surface area contributed by atoms with E-state index in [-0.39, 0.29) is 0 Å². The first-order chi connectivity index (χ1) is 9.18. The number of halogens is 1. The van der Waals surface area contributed by atoms with Crippen LogP contribution in [0.4, 0.5) is 11.5 Å². The summed E-state index contributed by atoms with van der Waals surface area (Å²) in [6.07, 6.45) is 4.25. The maximum atomic E-state index is 6.40. The summed E-state index contributed by atoms with van der Waals surface area (Å²) in [5.41, 5.74) is 9.16. The third-order valence-corrected chi connectivity index (χ3v) is 4.01. The highest BCUT2D eigenvalue weighted by Crippen LogP contribution is 2.40. The topological polar surface area (TPSA) is 47.1 Å². The first-order valence-corrected chi connectivity index (χ1v) is 6.87. The van der Waals surface area contributed by atoms with Crippen molar-refractivity contribution in [3.63, 3.8) is 0 Å². The van der Waals surface area contributed by atoms with Gasteiger partial charge < -0.3 is 10.6 Å². The van der Waals surface area contributed by atoms with Gasteiger partial charge in [-0.1, -0.05) is 17.7 Å². The van der Waals surface area contributed by atoms with Gasteiger partial charge in [-0.3, -0.25) is 4.68 Å². The fourth-order valence-corrected chi connectivity index (χ4v) is 2.91. The molecule has 0 radical (unpaired) electrons. The van der Waals surface area contributed by atoms with Crippen LogP contribution in [0.5, 0.6) is 0 Å². The summed E-state index contributed by atoms with van der Waals surface area (Å²) in [6.45, 7) is 2.15. The Kier molecular flexibility index (Phi) is 3.11. The van der Waals surface area contributed by atoms with Gasteiger partial charge in [0.1, 0.15) is 5.82 Å². The Balaban J connectivity index is 2.16. The van der Waals surface area contributed by atoms with Crippen LogP contribution >= 0.6 is 11.6 Å². The molecule has 2 heterocycles. The number of benzene rings is 1. The summed E-state index contributed by atoms with van der Waals surface area (Å²) in [6, 6.07) is 6.01. The Labute approximate surface area is 117 Å². The van der Waals surface area contributed by atoms with Crippen molar-refractivity contribution in [3.8, 4) is 11.1 Å². The van der Waals surface area contributed by atoms with Gasteiger partial charge in [0.25, 0.3) is 0 Å². The summed E-state index contributed by atoms with van der Waals surface area (Å²) in [5, 5.41) is 4.94. The SMILES string of the molecule is Cn1ncc(-c2c(Cl)cccc2N2CCCC2)c1N. The highest BCUT2D eigenvalue weighted by Gasteiger charge is 2.21. The first kappa shape index (κ1) is 12.4. The number of hydrogen-bond acceptors (Lipinski definition) is 3. The highest BCUT2D eigenvalue weighted by molar-refractivity contribution is 6.34. The Bertz CT molecular complexity index is 599. The van der Waals surface area contributed by atoms with E-state index in [0.717, 1.165) is 34.9 Å². The van der Waals surface area contributed by atoms with Crippen molar-refractivity contribution < 1.29 is 0 Å². The molecule has 1 fully saturated rings. The van der Waals surface area contributed by atoms with E-state index in [1.807, 2.05) is 19.2 Å². The van der Waals surface area contributed by atoms with Crippen molar-refractivity contribution in [1.82, 2.24) is 9.78 Å². The third kappa shape index (κ3) is 2.06. The van der Waals surface area contributed by atoms with E-state index in [9.17, 15) is 0 Å². The molecule has 100 valence electrons. The molecule has 0 bridgehead atoms. The minimum atomic E-state index is 0.647. The van der Waals surface area contributed by atoms with E-state index < -0.39 is 0 Å². The van der Waals surface area contributed by atoms with Crippen LogP contribution in [0.15, 0.2) is 24.4 Å². The van der Waals surface area contributed by atoms with Gasteiger partial charge in [0.05, 0.1) is 11.2 Å². The molecule has 1 aliphatic rings. The summed E-state index contributed by atoms with van der Waals surface area (Å²) in [4.78, 5) is 2.37. The zero-order valence-electron chi connectivity index (χ0n) is 10.9. The van der Waals surface area contributed by atoms with Gasteiger partial charge in [0.15, 0.2) is 0 Å². The molecule has 0 amide bonds. The summed E-state index contributed by atoms with van der Waals surface area (Å²) in [7, 11) is 1.84. The van der Waals surface area contributed by atoms with E-state index in [1.165, 1.54) is 12.8 Å². The minimum absolute atomic E-state index is 0.647. The van der Waals surface area contributed by atoms with Gasteiger partial charge in [-0.15, -0.1) is 0 Å². The lowest BCUT2D eigenvalue weighted by Gasteiger charge is -2.22. The summed E-state index contributed by atoms with van der Waals surface area (Å²) in [5.74, 6) is 0.647. The van der Waals surface area contributed by atoms with Crippen LogP contribution in [0.2, 0.25) is 5.02 Å². The molecule has 0 saturated carbocycles. The lowest BCUT2D eigenvalue weighted by Crippen LogP contribution is -2.18. The summed E-state index contributed by atoms with van der Waals surface area (Å²) >= 11 is 6.40. The number of hydrogen-bond donors (Lipinski definition) is 1. The molecular formula is C14H17ClN4. The molecule has 1 aromatic carbocycles. The van der Waals surface area contributed by atoms with Crippen molar-refractivity contribution in [3.05, 3.63) is 29.4 Å². The first-order valence-electron chi connectivity index (χ1n) is 6.50. The molecule has 1 saturated heterocycles. The molecule has 0 aliphatic carbocycles. The second-order valence-corrected chi connectivity index (χ2v) is 5.30. The van der Waals surface area contributed by atoms with Crippen molar-refractivity contribution in [2.24, 2.45) is 7.05 Å². The maximum absolute atomic E-state index is 6.40. The lowest BCUT2D eigenvalue weighted by atomic mass is 10.1. The van der Waals surface area contributed by atoms with E-state index in [0.29, 0.717) is 5.82 Å². The lowest BCUT2D eigenvalue weighted by molar-refractivity contribution is 0.779. The van der Waals surface area contributed by atoms with Gasteiger partial charge >= 0.3 is 0 Å². The van der Waals surface area contributed by atoms with Crippen molar-refractivity contribution in [2.45, 2.75) is 12.8 Å². The normalized spacial score (nSPS) is 15.2. The molecule has 0 spiro atoms. The van der Waals surface area contributed by atoms with Gasteiger partial charge in [-0.25, -0.2) is 0 Å². The number of aromatic nitrogens is 2. The zero-order valence-corrected chi connectivity index (χ0v) is 11.7. The largest absolute Gasteiger partial charge is 0.383 e. The Morgan fingerprint density at radius 1 is 1.26 bits per heavy atom. The van der Waals surface area contributed by atoms with Crippen LogP contribution in [0.25, 0.3) is 11.1 Å². The Morgan fingerprint density at radius 2 is 2.00 bits per heavy atom. The van der Waals surface area contributed by atoms with Crippen LogP contribution in [-0.4, -0.2) is 22.9 Å². The average molecular weight is 277 g/mol. The van der Waals surface area contributed by atoms with Crippen molar-refractivity contribution in [2.75, 3.05) is 23.7 Å². The van der Waals surface area contributed by atoms with Crippen LogP contribution in [-0.2, 0) is 7.05 Å². The molecular weight excluding hydrogens is 260 g/mol. The minimum Gasteiger partial charge on any atom is -0.383 e. The number of nitrogens with two attached hydrogens (primary N) is 1.